The third-order valence-electron chi connectivity index (χ3n) is 8.70. The number of hydrogen-bond donors (Lipinski definition) is 1. The van der Waals surface area contributed by atoms with Crippen LogP contribution in [0.3, 0.4) is 0 Å². The van der Waals surface area contributed by atoms with Gasteiger partial charge in [0.1, 0.15) is 6.04 Å². The van der Waals surface area contributed by atoms with Crippen LogP contribution in [0.5, 0.6) is 0 Å². The predicted molar refractivity (Wildman–Crippen MR) is 117 cm³/mol. The average molecular weight is 417 g/mol. The van der Waals surface area contributed by atoms with Gasteiger partial charge in [0.15, 0.2) is 0 Å². The Balaban J connectivity index is 1.18. The summed E-state index contributed by atoms with van der Waals surface area (Å²) in [7, 11) is 2.20. The fourth-order valence-electron chi connectivity index (χ4n) is 6.49. The van der Waals surface area contributed by atoms with E-state index in [0.717, 1.165) is 57.3 Å². The van der Waals surface area contributed by atoms with Crippen molar-refractivity contribution in [3.63, 3.8) is 0 Å². The van der Waals surface area contributed by atoms with E-state index in [2.05, 4.69) is 22.2 Å². The van der Waals surface area contributed by atoms with Crippen LogP contribution < -0.4 is 5.32 Å². The molecule has 2 aliphatic carbocycles. The summed E-state index contributed by atoms with van der Waals surface area (Å²) in [6, 6.07) is 0.0567. The number of amides is 2. The molecule has 5 fully saturated rings. The zero-order valence-electron chi connectivity index (χ0n) is 18.8. The molecule has 0 aromatic heterocycles. The number of carbonyl (C=O) groups excluding carboxylic acids is 2. The Morgan fingerprint density at radius 3 is 2.47 bits per heavy atom. The molecule has 0 radical (unpaired) electrons. The van der Waals surface area contributed by atoms with Gasteiger partial charge in [-0.15, -0.1) is 0 Å². The van der Waals surface area contributed by atoms with Crippen LogP contribution in [-0.2, 0) is 9.59 Å². The zero-order valence-corrected chi connectivity index (χ0v) is 18.8. The highest BCUT2D eigenvalue weighted by Gasteiger charge is 2.49. The van der Waals surface area contributed by atoms with Crippen molar-refractivity contribution in [1.29, 1.82) is 0 Å². The normalized spacial score (nSPS) is 33.1. The Morgan fingerprint density at radius 1 is 1.03 bits per heavy atom. The molecule has 0 aromatic carbocycles. The minimum Gasteiger partial charge on any atom is -0.348 e. The summed E-state index contributed by atoms with van der Waals surface area (Å²) < 4.78 is 0. The molecule has 3 heterocycles. The number of likely N-dealkylation sites (tertiary alicyclic amines) is 1. The smallest absolute Gasteiger partial charge is 0.243 e. The van der Waals surface area contributed by atoms with E-state index < -0.39 is 0 Å². The van der Waals surface area contributed by atoms with Crippen LogP contribution in [0.25, 0.3) is 0 Å². The van der Waals surface area contributed by atoms with Gasteiger partial charge in [-0.3, -0.25) is 9.59 Å². The minimum atomic E-state index is -0.304. The summed E-state index contributed by atoms with van der Waals surface area (Å²) in [5, 5.41) is 3.38. The van der Waals surface area contributed by atoms with Crippen LogP contribution in [0.15, 0.2) is 0 Å². The topological polar surface area (TPSA) is 55.9 Å². The number of fused-ring (bicyclic) bond motifs is 1. The fraction of sp³-hybridized carbons (Fsp3) is 0.917. The number of nitrogens with one attached hydrogen (secondary N) is 1. The molecule has 0 bridgehead atoms. The quantitative estimate of drug-likeness (QED) is 0.747. The van der Waals surface area contributed by atoms with Crippen molar-refractivity contribution in [2.75, 3.05) is 39.8 Å². The van der Waals surface area contributed by atoms with Crippen molar-refractivity contribution in [2.24, 2.45) is 11.8 Å². The van der Waals surface area contributed by atoms with Gasteiger partial charge in [-0.05, 0) is 63.8 Å². The van der Waals surface area contributed by atoms with E-state index in [1.807, 2.05) is 4.90 Å². The number of rotatable bonds is 5. The first-order valence-corrected chi connectivity index (χ1v) is 12.6. The Hall–Kier alpha value is -1.14. The summed E-state index contributed by atoms with van der Waals surface area (Å²) in [4.78, 5) is 33.4. The SMILES string of the molecule is CN(CC1CCCCC1)[C@H]1C[C@H]2C(=O)NC3(CCN(CC4CC4)CC3)CC(=O)N2C1. The van der Waals surface area contributed by atoms with Crippen LogP contribution in [-0.4, -0.2) is 83.9 Å². The molecule has 6 heteroatoms. The van der Waals surface area contributed by atoms with E-state index in [4.69, 9.17) is 0 Å². The van der Waals surface area contributed by atoms with E-state index in [1.54, 1.807) is 0 Å². The summed E-state index contributed by atoms with van der Waals surface area (Å²) in [5.41, 5.74) is -0.304. The lowest BCUT2D eigenvalue weighted by Crippen LogP contribution is -2.56. The van der Waals surface area contributed by atoms with Gasteiger partial charge in [-0.25, -0.2) is 0 Å². The van der Waals surface area contributed by atoms with Gasteiger partial charge >= 0.3 is 0 Å². The lowest BCUT2D eigenvalue weighted by molar-refractivity contribution is -0.135. The van der Waals surface area contributed by atoms with E-state index in [-0.39, 0.29) is 23.4 Å². The van der Waals surface area contributed by atoms with Gasteiger partial charge in [0, 0.05) is 38.8 Å². The zero-order chi connectivity index (χ0) is 20.7. The number of likely N-dealkylation sites (N-methyl/N-ethyl adjacent to an activating group) is 1. The van der Waals surface area contributed by atoms with E-state index >= 15 is 0 Å². The largest absolute Gasteiger partial charge is 0.348 e. The lowest BCUT2D eigenvalue weighted by atomic mass is 9.84. The van der Waals surface area contributed by atoms with Crippen LogP contribution in [0.1, 0.15) is 70.6 Å². The van der Waals surface area contributed by atoms with E-state index in [9.17, 15) is 9.59 Å². The van der Waals surface area contributed by atoms with Gasteiger partial charge in [-0.2, -0.15) is 0 Å². The second-order valence-corrected chi connectivity index (χ2v) is 11.1. The Bertz CT molecular complexity index is 622. The van der Waals surface area contributed by atoms with Gasteiger partial charge < -0.3 is 20.0 Å². The van der Waals surface area contributed by atoms with Crippen molar-refractivity contribution in [2.45, 2.75) is 88.3 Å². The highest BCUT2D eigenvalue weighted by atomic mass is 16.2. The molecule has 30 heavy (non-hydrogen) atoms. The molecule has 5 rings (SSSR count). The molecule has 2 saturated carbocycles. The molecule has 3 aliphatic heterocycles. The van der Waals surface area contributed by atoms with Crippen molar-refractivity contribution in [3.05, 3.63) is 0 Å². The number of piperidine rings is 1. The van der Waals surface area contributed by atoms with Gasteiger partial charge in [0.25, 0.3) is 0 Å². The lowest BCUT2D eigenvalue weighted by Gasteiger charge is -2.41. The minimum absolute atomic E-state index is 0.102. The van der Waals surface area contributed by atoms with Crippen molar-refractivity contribution >= 4 is 11.8 Å². The van der Waals surface area contributed by atoms with Gasteiger partial charge in [0.2, 0.25) is 11.8 Å². The molecular formula is C24H40N4O2. The van der Waals surface area contributed by atoms with Crippen molar-refractivity contribution in [1.82, 2.24) is 20.0 Å². The Morgan fingerprint density at radius 2 is 1.77 bits per heavy atom. The maximum absolute atomic E-state index is 13.2. The van der Waals surface area contributed by atoms with Gasteiger partial charge in [0.05, 0.1) is 12.0 Å². The molecule has 1 spiro atoms. The third-order valence-corrected chi connectivity index (χ3v) is 8.70. The highest BCUT2D eigenvalue weighted by Crippen LogP contribution is 2.36. The highest BCUT2D eigenvalue weighted by molar-refractivity contribution is 5.92. The van der Waals surface area contributed by atoms with Crippen LogP contribution >= 0.6 is 0 Å². The second kappa shape index (κ2) is 8.42. The maximum atomic E-state index is 13.2. The first-order chi connectivity index (χ1) is 14.5. The summed E-state index contributed by atoms with van der Waals surface area (Å²) in [6.07, 6.45) is 12.7. The molecule has 5 aliphatic rings. The molecule has 168 valence electrons. The van der Waals surface area contributed by atoms with Crippen molar-refractivity contribution < 1.29 is 9.59 Å². The monoisotopic (exact) mass is 416 g/mol. The molecule has 3 saturated heterocycles. The number of hydrogen-bond acceptors (Lipinski definition) is 4. The Labute approximate surface area is 181 Å². The van der Waals surface area contributed by atoms with Crippen molar-refractivity contribution in [3.8, 4) is 0 Å². The molecular weight excluding hydrogens is 376 g/mol. The molecule has 0 aromatic rings. The molecule has 2 amide bonds. The average Bonchev–Trinajstić information content (AvgIpc) is 3.44. The molecule has 2 atom stereocenters. The van der Waals surface area contributed by atoms with Crippen LogP contribution in [0.4, 0.5) is 0 Å². The van der Waals surface area contributed by atoms with E-state index in [0.29, 0.717) is 12.5 Å². The maximum Gasteiger partial charge on any atom is 0.243 e. The third kappa shape index (κ3) is 4.40. The molecule has 0 unspecified atom stereocenters. The Kier molecular flexibility index (Phi) is 5.82. The summed E-state index contributed by atoms with van der Waals surface area (Å²) >= 11 is 0. The standard InChI is InChI=1S/C24H40N4O2/c1-26(15-18-5-3-2-4-6-18)20-13-21-23(30)25-24(14-22(29)28(21)17-20)9-11-27(12-10-24)16-19-7-8-19/h18-21H,2-17H2,1H3,(H,25,30)/t20-,21-/m0/s1. The van der Waals surface area contributed by atoms with Crippen LogP contribution in [0, 0.1) is 11.8 Å². The van der Waals surface area contributed by atoms with Gasteiger partial charge in [-0.1, -0.05) is 19.3 Å². The first-order valence-electron chi connectivity index (χ1n) is 12.6. The molecule has 6 nitrogen and oxygen atoms in total. The summed E-state index contributed by atoms with van der Waals surface area (Å²) in [6.45, 7) is 5.08. The van der Waals surface area contributed by atoms with E-state index in [1.165, 1.54) is 51.5 Å². The molecule has 1 N–H and O–H groups in total. The predicted octanol–water partition coefficient (Wildman–Crippen LogP) is 2.23. The fourth-order valence-corrected chi connectivity index (χ4v) is 6.49. The number of nitrogens with zero attached hydrogens (tertiary/aromatic N) is 3. The number of carbonyl (C=O) groups is 2. The van der Waals surface area contributed by atoms with Crippen LogP contribution in [0.2, 0.25) is 0 Å². The second-order valence-electron chi connectivity index (χ2n) is 11.1. The summed E-state index contributed by atoms with van der Waals surface area (Å²) in [5.74, 6) is 1.99. The first kappa shape index (κ1) is 20.7.